The lowest BCUT2D eigenvalue weighted by Crippen LogP contribution is -2.45. The first kappa shape index (κ1) is 15.9. The minimum Gasteiger partial charge on any atom is -0.391 e. The van der Waals surface area contributed by atoms with Crippen molar-refractivity contribution >= 4 is 5.91 Å². The molecule has 0 spiro atoms. The first-order chi connectivity index (χ1) is 10.1. The number of β-amino-alcohol motifs (C(OH)–C–C–N with tert-alkyl or cyclic N) is 1. The summed E-state index contributed by atoms with van der Waals surface area (Å²) in [5, 5.41) is 15.8. The Bertz CT molecular complexity index is 450. The number of aliphatic hydroxyl groups is 1. The van der Waals surface area contributed by atoms with Crippen LogP contribution in [-0.4, -0.2) is 36.8 Å². The number of halogens is 1. The predicted molar refractivity (Wildman–Crippen MR) is 79.3 cm³/mol. The molecule has 5 heteroatoms. The summed E-state index contributed by atoms with van der Waals surface area (Å²) >= 11 is 0. The van der Waals surface area contributed by atoms with Gasteiger partial charge in [-0.25, -0.2) is 4.39 Å². The molecule has 0 unspecified atom stereocenters. The van der Waals surface area contributed by atoms with Gasteiger partial charge in [-0.15, -0.1) is 0 Å². The molecule has 1 aliphatic heterocycles. The summed E-state index contributed by atoms with van der Waals surface area (Å²) in [6, 6.07) is 6.37. The number of hydrogen-bond acceptors (Lipinski definition) is 3. The third kappa shape index (κ3) is 5.44. The molecular weight excluding hydrogens is 271 g/mol. The topological polar surface area (TPSA) is 61.4 Å². The summed E-state index contributed by atoms with van der Waals surface area (Å²) in [7, 11) is 0. The van der Waals surface area contributed by atoms with Crippen molar-refractivity contribution in [1.29, 1.82) is 0 Å². The van der Waals surface area contributed by atoms with Crippen LogP contribution < -0.4 is 10.6 Å². The van der Waals surface area contributed by atoms with Crippen LogP contribution in [0.4, 0.5) is 4.39 Å². The number of amides is 1. The zero-order chi connectivity index (χ0) is 15.1. The lowest BCUT2D eigenvalue weighted by atomic mass is 9.95. The molecule has 4 nitrogen and oxygen atoms in total. The van der Waals surface area contributed by atoms with Crippen LogP contribution in [-0.2, 0) is 11.2 Å². The van der Waals surface area contributed by atoms with Crippen LogP contribution >= 0.6 is 0 Å². The second-order valence-corrected chi connectivity index (χ2v) is 5.60. The quantitative estimate of drug-likeness (QED) is 0.739. The summed E-state index contributed by atoms with van der Waals surface area (Å²) in [6.45, 7) is 2.03. The van der Waals surface area contributed by atoms with Crippen molar-refractivity contribution in [3.8, 4) is 0 Å². The molecule has 0 saturated carbocycles. The third-order valence-corrected chi connectivity index (χ3v) is 3.93. The number of rotatable bonds is 6. The van der Waals surface area contributed by atoms with Gasteiger partial charge in [-0.2, -0.15) is 0 Å². The van der Waals surface area contributed by atoms with Gasteiger partial charge in [-0.3, -0.25) is 4.79 Å². The number of aliphatic hydroxyl groups excluding tert-OH is 1. The molecule has 1 amide bonds. The molecule has 1 aliphatic rings. The van der Waals surface area contributed by atoms with Crippen molar-refractivity contribution < 1.29 is 14.3 Å². The molecular formula is C16H23FN2O2. The van der Waals surface area contributed by atoms with Gasteiger partial charge in [0.05, 0.1) is 6.10 Å². The molecule has 0 aromatic heterocycles. The Hall–Kier alpha value is -1.46. The normalized spacial score (nSPS) is 22.0. The molecule has 1 heterocycles. The highest BCUT2D eigenvalue weighted by molar-refractivity contribution is 5.75. The average molecular weight is 294 g/mol. The van der Waals surface area contributed by atoms with E-state index in [1.807, 2.05) is 0 Å². The van der Waals surface area contributed by atoms with Crippen LogP contribution in [0.3, 0.4) is 0 Å². The van der Waals surface area contributed by atoms with Crippen molar-refractivity contribution in [2.45, 2.75) is 31.8 Å². The average Bonchev–Trinajstić information content (AvgIpc) is 2.48. The number of nitrogens with one attached hydrogen (secondary N) is 2. The molecule has 2 rings (SSSR count). The molecule has 1 aromatic carbocycles. The van der Waals surface area contributed by atoms with Crippen LogP contribution in [0.25, 0.3) is 0 Å². The van der Waals surface area contributed by atoms with E-state index in [0.717, 1.165) is 31.4 Å². The summed E-state index contributed by atoms with van der Waals surface area (Å²) in [5.41, 5.74) is 1.04. The van der Waals surface area contributed by atoms with Gasteiger partial charge in [0, 0.05) is 25.4 Å². The molecule has 0 aliphatic carbocycles. The predicted octanol–water partition coefficient (Wildman–Crippen LogP) is 1.23. The van der Waals surface area contributed by atoms with E-state index in [-0.39, 0.29) is 23.7 Å². The Morgan fingerprint density at radius 3 is 2.86 bits per heavy atom. The fourth-order valence-corrected chi connectivity index (χ4v) is 2.57. The SMILES string of the molecule is O=C(CCCc1ccc(F)cc1)NC[C@@H]1CCNC[C@H]1O. The van der Waals surface area contributed by atoms with Crippen LogP contribution in [0.1, 0.15) is 24.8 Å². The maximum absolute atomic E-state index is 12.8. The van der Waals surface area contributed by atoms with E-state index in [2.05, 4.69) is 10.6 Å². The minimum absolute atomic E-state index is 0.0165. The number of carbonyl (C=O) groups is 1. The highest BCUT2D eigenvalue weighted by Gasteiger charge is 2.22. The maximum atomic E-state index is 12.8. The summed E-state index contributed by atoms with van der Waals surface area (Å²) in [6.07, 6.45) is 2.48. The van der Waals surface area contributed by atoms with E-state index in [1.54, 1.807) is 12.1 Å². The van der Waals surface area contributed by atoms with Gasteiger partial charge in [-0.1, -0.05) is 12.1 Å². The van der Waals surface area contributed by atoms with Crippen LogP contribution in [0.5, 0.6) is 0 Å². The van der Waals surface area contributed by atoms with Crippen molar-refractivity contribution in [2.24, 2.45) is 5.92 Å². The standard InChI is InChI=1S/C16H23FN2O2/c17-14-6-4-12(5-7-14)2-1-3-16(21)19-10-13-8-9-18-11-15(13)20/h4-7,13,15,18,20H,1-3,8-11H2,(H,19,21)/t13-,15+/m0/s1. The van der Waals surface area contributed by atoms with Crippen LogP contribution in [0.15, 0.2) is 24.3 Å². The number of piperidine rings is 1. The Balaban J connectivity index is 1.62. The number of benzene rings is 1. The molecule has 0 bridgehead atoms. The Kier molecular flexibility index (Phi) is 6.14. The maximum Gasteiger partial charge on any atom is 0.220 e. The van der Waals surface area contributed by atoms with Gasteiger partial charge in [0.25, 0.3) is 0 Å². The summed E-state index contributed by atoms with van der Waals surface area (Å²) in [5.74, 6) is -0.0767. The molecule has 1 fully saturated rings. The molecule has 2 atom stereocenters. The zero-order valence-corrected chi connectivity index (χ0v) is 12.1. The van der Waals surface area contributed by atoms with Gasteiger partial charge >= 0.3 is 0 Å². The van der Waals surface area contributed by atoms with Crippen LogP contribution in [0, 0.1) is 11.7 Å². The van der Waals surface area contributed by atoms with Crippen molar-refractivity contribution in [2.75, 3.05) is 19.6 Å². The number of hydrogen-bond donors (Lipinski definition) is 3. The van der Waals surface area contributed by atoms with E-state index < -0.39 is 0 Å². The van der Waals surface area contributed by atoms with E-state index >= 15 is 0 Å². The van der Waals surface area contributed by atoms with Gasteiger partial charge in [0.15, 0.2) is 0 Å². The number of carbonyl (C=O) groups excluding carboxylic acids is 1. The van der Waals surface area contributed by atoms with Gasteiger partial charge < -0.3 is 15.7 Å². The lowest BCUT2D eigenvalue weighted by Gasteiger charge is -2.28. The zero-order valence-electron chi connectivity index (χ0n) is 12.1. The second kappa shape index (κ2) is 8.10. The van der Waals surface area contributed by atoms with E-state index in [9.17, 15) is 14.3 Å². The highest BCUT2D eigenvalue weighted by atomic mass is 19.1. The molecule has 3 N–H and O–H groups in total. The Morgan fingerprint density at radius 2 is 2.14 bits per heavy atom. The van der Waals surface area contributed by atoms with Gasteiger partial charge in [0.1, 0.15) is 5.82 Å². The van der Waals surface area contributed by atoms with Crippen LogP contribution in [0.2, 0.25) is 0 Å². The van der Waals surface area contributed by atoms with Crippen molar-refractivity contribution in [1.82, 2.24) is 10.6 Å². The second-order valence-electron chi connectivity index (χ2n) is 5.60. The van der Waals surface area contributed by atoms with Crippen molar-refractivity contribution in [3.05, 3.63) is 35.6 Å². The van der Waals surface area contributed by atoms with E-state index in [1.165, 1.54) is 12.1 Å². The molecule has 1 saturated heterocycles. The van der Waals surface area contributed by atoms with E-state index in [4.69, 9.17) is 0 Å². The Morgan fingerprint density at radius 1 is 1.38 bits per heavy atom. The smallest absolute Gasteiger partial charge is 0.220 e. The first-order valence-corrected chi connectivity index (χ1v) is 7.55. The highest BCUT2D eigenvalue weighted by Crippen LogP contribution is 2.11. The molecule has 21 heavy (non-hydrogen) atoms. The molecule has 1 aromatic rings. The monoisotopic (exact) mass is 294 g/mol. The van der Waals surface area contributed by atoms with Gasteiger partial charge in [-0.05, 0) is 43.5 Å². The number of aryl methyl sites for hydroxylation is 1. The molecule has 116 valence electrons. The third-order valence-electron chi connectivity index (χ3n) is 3.93. The summed E-state index contributed by atoms with van der Waals surface area (Å²) in [4.78, 5) is 11.8. The van der Waals surface area contributed by atoms with Crippen molar-refractivity contribution in [3.63, 3.8) is 0 Å². The van der Waals surface area contributed by atoms with E-state index in [0.29, 0.717) is 19.5 Å². The fraction of sp³-hybridized carbons (Fsp3) is 0.562. The van der Waals surface area contributed by atoms with Gasteiger partial charge in [0.2, 0.25) is 5.91 Å². The largest absolute Gasteiger partial charge is 0.391 e. The minimum atomic E-state index is -0.377. The summed E-state index contributed by atoms with van der Waals surface area (Å²) < 4.78 is 12.8. The first-order valence-electron chi connectivity index (χ1n) is 7.55. The fourth-order valence-electron chi connectivity index (χ4n) is 2.57. The molecule has 0 radical (unpaired) electrons. The lowest BCUT2D eigenvalue weighted by molar-refractivity contribution is -0.121. The Labute approximate surface area is 124 Å².